The Hall–Kier alpha value is -2.53. The highest BCUT2D eigenvalue weighted by atomic mass is 16.5. The van der Waals surface area contributed by atoms with Crippen molar-refractivity contribution in [3.63, 3.8) is 0 Å². The summed E-state index contributed by atoms with van der Waals surface area (Å²) < 4.78 is 11.7. The summed E-state index contributed by atoms with van der Waals surface area (Å²) in [6.07, 6.45) is 5.89. The number of rotatable bonds is 15. The molecule has 0 saturated carbocycles. The standard InChI is InChI=1S/C26H38N2O3/c1-4-7-8-9-12-20-31-25-14-11-10-13-24(25)26(29)27-22-15-17-23(18-16-22)30-21-19-28(5-2)6-3/h10-11,13-18H,4-9,12,19-21H2,1-3H3,(H,27,29). The Morgan fingerprint density at radius 2 is 1.55 bits per heavy atom. The van der Waals surface area contributed by atoms with Crippen molar-refractivity contribution in [3.05, 3.63) is 54.1 Å². The number of hydrogen-bond acceptors (Lipinski definition) is 4. The van der Waals surface area contributed by atoms with Gasteiger partial charge in [0.25, 0.3) is 5.91 Å². The summed E-state index contributed by atoms with van der Waals surface area (Å²) in [4.78, 5) is 15.1. The van der Waals surface area contributed by atoms with E-state index in [-0.39, 0.29) is 5.91 Å². The zero-order chi connectivity index (χ0) is 22.3. The van der Waals surface area contributed by atoms with E-state index in [9.17, 15) is 4.79 Å². The Morgan fingerprint density at radius 1 is 0.839 bits per heavy atom. The molecule has 2 rings (SSSR count). The lowest BCUT2D eigenvalue weighted by atomic mass is 10.1. The van der Waals surface area contributed by atoms with Crippen LogP contribution in [0.4, 0.5) is 5.69 Å². The van der Waals surface area contributed by atoms with Gasteiger partial charge in [-0.15, -0.1) is 0 Å². The molecule has 0 heterocycles. The molecule has 0 aliphatic rings. The van der Waals surface area contributed by atoms with Crippen molar-refractivity contribution in [3.8, 4) is 11.5 Å². The summed E-state index contributed by atoms with van der Waals surface area (Å²) >= 11 is 0. The number of hydrogen-bond donors (Lipinski definition) is 1. The molecule has 0 radical (unpaired) electrons. The minimum absolute atomic E-state index is 0.170. The third-order valence-corrected chi connectivity index (χ3v) is 5.32. The van der Waals surface area contributed by atoms with Gasteiger partial charge in [-0.1, -0.05) is 58.6 Å². The third-order valence-electron chi connectivity index (χ3n) is 5.32. The van der Waals surface area contributed by atoms with Crippen LogP contribution in [-0.4, -0.2) is 43.7 Å². The number of para-hydroxylation sites is 1. The molecule has 0 aliphatic heterocycles. The molecule has 1 N–H and O–H groups in total. The molecular formula is C26H38N2O3. The highest BCUT2D eigenvalue weighted by molar-refractivity contribution is 6.06. The fraction of sp³-hybridized carbons (Fsp3) is 0.500. The van der Waals surface area contributed by atoms with Gasteiger partial charge in [-0.05, 0) is 55.9 Å². The minimum atomic E-state index is -0.170. The van der Waals surface area contributed by atoms with Gasteiger partial charge in [0.1, 0.15) is 18.1 Å². The normalized spacial score (nSPS) is 10.8. The van der Waals surface area contributed by atoms with Crippen molar-refractivity contribution in [2.24, 2.45) is 0 Å². The molecule has 1 amide bonds. The zero-order valence-electron chi connectivity index (χ0n) is 19.4. The van der Waals surface area contributed by atoms with E-state index in [1.165, 1.54) is 19.3 Å². The van der Waals surface area contributed by atoms with E-state index < -0.39 is 0 Å². The minimum Gasteiger partial charge on any atom is -0.493 e. The highest BCUT2D eigenvalue weighted by Gasteiger charge is 2.12. The number of unbranched alkanes of at least 4 members (excludes halogenated alkanes) is 4. The average molecular weight is 427 g/mol. The number of amides is 1. The molecule has 0 fully saturated rings. The maximum absolute atomic E-state index is 12.8. The number of ether oxygens (including phenoxy) is 2. The maximum atomic E-state index is 12.8. The van der Waals surface area contributed by atoms with E-state index in [0.717, 1.165) is 43.9 Å². The molecule has 170 valence electrons. The van der Waals surface area contributed by atoms with Crippen LogP contribution in [0.5, 0.6) is 11.5 Å². The summed E-state index contributed by atoms with van der Waals surface area (Å²) in [5.41, 5.74) is 1.28. The molecule has 0 spiro atoms. The summed E-state index contributed by atoms with van der Waals surface area (Å²) in [7, 11) is 0. The van der Waals surface area contributed by atoms with Crippen LogP contribution in [0.1, 0.15) is 63.2 Å². The van der Waals surface area contributed by atoms with E-state index in [1.54, 1.807) is 6.07 Å². The van der Waals surface area contributed by atoms with Gasteiger partial charge >= 0.3 is 0 Å². The van der Waals surface area contributed by atoms with Gasteiger partial charge in [-0.2, -0.15) is 0 Å². The van der Waals surface area contributed by atoms with Crippen LogP contribution in [0.15, 0.2) is 48.5 Å². The van der Waals surface area contributed by atoms with Crippen LogP contribution < -0.4 is 14.8 Å². The Labute approximate surface area is 187 Å². The van der Waals surface area contributed by atoms with E-state index >= 15 is 0 Å². The van der Waals surface area contributed by atoms with Gasteiger partial charge in [0.2, 0.25) is 0 Å². The van der Waals surface area contributed by atoms with Crippen LogP contribution in [0.2, 0.25) is 0 Å². The van der Waals surface area contributed by atoms with Gasteiger partial charge in [0.15, 0.2) is 0 Å². The summed E-state index contributed by atoms with van der Waals surface area (Å²) in [6, 6.07) is 14.9. The topological polar surface area (TPSA) is 50.8 Å². The van der Waals surface area contributed by atoms with Crippen LogP contribution in [0.3, 0.4) is 0 Å². The van der Waals surface area contributed by atoms with Crippen molar-refractivity contribution < 1.29 is 14.3 Å². The highest BCUT2D eigenvalue weighted by Crippen LogP contribution is 2.21. The van der Waals surface area contributed by atoms with E-state index in [4.69, 9.17) is 9.47 Å². The Bertz CT molecular complexity index is 758. The predicted molar refractivity (Wildman–Crippen MR) is 128 cm³/mol. The van der Waals surface area contributed by atoms with Gasteiger partial charge < -0.3 is 19.7 Å². The van der Waals surface area contributed by atoms with Crippen LogP contribution in [0, 0.1) is 0 Å². The van der Waals surface area contributed by atoms with Gasteiger partial charge in [-0.3, -0.25) is 4.79 Å². The lowest BCUT2D eigenvalue weighted by Crippen LogP contribution is -2.27. The quantitative estimate of drug-likeness (QED) is 0.354. The number of carbonyl (C=O) groups is 1. The lowest BCUT2D eigenvalue weighted by Gasteiger charge is -2.18. The van der Waals surface area contributed by atoms with Crippen LogP contribution >= 0.6 is 0 Å². The number of likely N-dealkylation sites (N-methyl/N-ethyl adjacent to an activating group) is 1. The third kappa shape index (κ3) is 9.01. The molecule has 0 atom stereocenters. The summed E-state index contributed by atoms with van der Waals surface area (Å²) in [5.74, 6) is 1.26. The molecule has 0 aliphatic carbocycles. The first-order valence-corrected chi connectivity index (χ1v) is 11.7. The average Bonchev–Trinajstić information content (AvgIpc) is 2.80. The fourth-order valence-corrected chi connectivity index (χ4v) is 3.33. The fourth-order valence-electron chi connectivity index (χ4n) is 3.33. The number of anilines is 1. The molecule has 31 heavy (non-hydrogen) atoms. The second-order valence-corrected chi connectivity index (χ2v) is 7.61. The summed E-state index contributed by atoms with van der Waals surface area (Å²) in [6.45, 7) is 10.7. The predicted octanol–water partition coefficient (Wildman–Crippen LogP) is 6.01. The van der Waals surface area contributed by atoms with Crippen LogP contribution in [-0.2, 0) is 0 Å². The van der Waals surface area contributed by atoms with Gasteiger partial charge in [0, 0.05) is 12.2 Å². The molecule has 0 aromatic heterocycles. The van der Waals surface area contributed by atoms with E-state index in [1.807, 2.05) is 42.5 Å². The van der Waals surface area contributed by atoms with Gasteiger partial charge in [-0.25, -0.2) is 0 Å². The first-order valence-electron chi connectivity index (χ1n) is 11.7. The number of nitrogens with one attached hydrogen (secondary N) is 1. The molecule has 0 bridgehead atoms. The number of carbonyl (C=O) groups excluding carboxylic acids is 1. The van der Waals surface area contributed by atoms with E-state index in [0.29, 0.717) is 24.5 Å². The molecule has 5 nitrogen and oxygen atoms in total. The molecule has 2 aromatic rings. The number of nitrogens with zero attached hydrogens (tertiary/aromatic N) is 1. The molecular weight excluding hydrogens is 388 g/mol. The lowest BCUT2D eigenvalue weighted by molar-refractivity contribution is 0.102. The molecule has 0 saturated heterocycles. The summed E-state index contributed by atoms with van der Waals surface area (Å²) in [5, 5.41) is 2.95. The van der Waals surface area contributed by atoms with Gasteiger partial charge in [0.05, 0.1) is 12.2 Å². The van der Waals surface area contributed by atoms with E-state index in [2.05, 4.69) is 31.0 Å². The maximum Gasteiger partial charge on any atom is 0.259 e. The second kappa shape index (κ2) is 14.5. The Balaban J connectivity index is 1.84. The van der Waals surface area contributed by atoms with Crippen molar-refractivity contribution in [2.75, 3.05) is 38.2 Å². The van der Waals surface area contributed by atoms with Crippen molar-refractivity contribution in [1.29, 1.82) is 0 Å². The molecule has 2 aromatic carbocycles. The monoisotopic (exact) mass is 426 g/mol. The Kier molecular flexibility index (Phi) is 11.5. The molecule has 0 unspecified atom stereocenters. The van der Waals surface area contributed by atoms with Crippen LogP contribution in [0.25, 0.3) is 0 Å². The van der Waals surface area contributed by atoms with Crippen molar-refractivity contribution in [1.82, 2.24) is 4.90 Å². The SMILES string of the molecule is CCCCCCCOc1ccccc1C(=O)Nc1ccc(OCCN(CC)CC)cc1. The van der Waals surface area contributed by atoms with Crippen molar-refractivity contribution >= 4 is 11.6 Å². The Morgan fingerprint density at radius 3 is 2.26 bits per heavy atom. The first kappa shape index (κ1) is 24.7. The zero-order valence-corrected chi connectivity index (χ0v) is 19.4. The largest absolute Gasteiger partial charge is 0.493 e. The first-order chi connectivity index (χ1) is 15.2. The second-order valence-electron chi connectivity index (χ2n) is 7.61. The smallest absolute Gasteiger partial charge is 0.259 e. The molecule has 5 heteroatoms. The number of benzene rings is 2. The van der Waals surface area contributed by atoms with Crippen molar-refractivity contribution in [2.45, 2.75) is 52.9 Å².